The minimum Gasteiger partial charge on any atom is -0.454 e. The lowest BCUT2D eigenvalue weighted by atomic mass is 10.0. The molecule has 0 saturated heterocycles. The second-order valence-corrected chi connectivity index (χ2v) is 8.89. The molecule has 0 bridgehead atoms. The fourth-order valence-corrected chi connectivity index (χ4v) is 4.81. The van der Waals surface area contributed by atoms with Crippen molar-refractivity contribution in [1.29, 1.82) is 0 Å². The van der Waals surface area contributed by atoms with Crippen molar-refractivity contribution in [3.8, 4) is 11.5 Å². The van der Waals surface area contributed by atoms with Crippen LogP contribution in [-0.2, 0) is 16.1 Å². The number of fused-ring (bicyclic) bond motifs is 1. The van der Waals surface area contributed by atoms with E-state index in [1.807, 2.05) is 74.5 Å². The summed E-state index contributed by atoms with van der Waals surface area (Å²) in [6.07, 6.45) is 0. The normalized spacial score (nSPS) is 15.1. The molecule has 0 unspecified atom stereocenters. The molecule has 6 heteroatoms. The number of carbonyl (C=O) groups is 2. The van der Waals surface area contributed by atoms with E-state index in [-0.39, 0.29) is 25.2 Å². The number of amides is 2. The summed E-state index contributed by atoms with van der Waals surface area (Å²) in [5.74, 6) is 0.731. The zero-order chi connectivity index (χ0) is 22.2. The topological polar surface area (TPSA) is 55.8 Å². The number of nitrogens with zero attached hydrogens (tertiary/aromatic N) is 1. The number of carbonyl (C=O) groups excluding carboxylic acids is 2. The average Bonchev–Trinajstić information content (AvgIpc) is 3.35. The van der Waals surface area contributed by atoms with Gasteiger partial charge in [-0.15, -0.1) is 0 Å². The van der Waals surface area contributed by atoms with Crippen LogP contribution in [0.15, 0.2) is 76.5 Å². The fraction of sp³-hybridized carbons (Fsp3) is 0.154. The fourth-order valence-electron chi connectivity index (χ4n) is 3.77. The lowest BCUT2D eigenvalue weighted by Gasteiger charge is -2.15. The van der Waals surface area contributed by atoms with E-state index >= 15 is 0 Å². The van der Waals surface area contributed by atoms with Gasteiger partial charge in [0.25, 0.3) is 11.8 Å². The van der Waals surface area contributed by atoms with Gasteiger partial charge in [0.05, 0.1) is 17.0 Å². The highest BCUT2D eigenvalue weighted by Crippen LogP contribution is 2.41. The van der Waals surface area contributed by atoms with Gasteiger partial charge in [-0.1, -0.05) is 54.2 Å². The molecular weight excluding hydrogens is 422 g/mol. The zero-order valence-corrected chi connectivity index (χ0v) is 18.6. The number of aryl methyl sites for hydroxylation is 2. The molecule has 3 aromatic carbocycles. The van der Waals surface area contributed by atoms with Crippen molar-refractivity contribution in [1.82, 2.24) is 4.90 Å². The molecule has 0 saturated carbocycles. The quantitative estimate of drug-likeness (QED) is 0.513. The Labute approximate surface area is 190 Å². The number of thioether (sulfide) groups is 1. The second kappa shape index (κ2) is 8.20. The Morgan fingerprint density at radius 2 is 1.62 bits per heavy atom. The van der Waals surface area contributed by atoms with Gasteiger partial charge in [-0.25, -0.2) is 0 Å². The van der Waals surface area contributed by atoms with Crippen molar-refractivity contribution < 1.29 is 19.1 Å². The third kappa shape index (κ3) is 3.67. The van der Waals surface area contributed by atoms with Crippen LogP contribution in [0.1, 0.15) is 22.3 Å². The molecule has 160 valence electrons. The van der Waals surface area contributed by atoms with Crippen molar-refractivity contribution in [2.45, 2.75) is 25.3 Å². The van der Waals surface area contributed by atoms with Crippen LogP contribution in [0.3, 0.4) is 0 Å². The summed E-state index contributed by atoms with van der Waals surface area (Å²) in [5, 5.41) is 0. The Kier molecular flexibility index (Phi) is 5.23. The zero-order valence-electron chi connectivity index (χ0n) is 17.8. The first-order valence-electron chi connectivity index (χ1n) is 10.3. The predicted molar refractivity (Wildman–Crippen MR) is 123 cm³/mol. The predicted octanol–water partition coefficient (Wildman–Crippen LogP) is 5.10. The van der Waals surface area contributed by atoms with E-state index in [0.29, 0.717) is 22.0 Å². The van der Waals surface area contributed by atoms with E-state index in [1.165, 1.54) is 16.7 Å². The van der Waals surface area contributed by atoms with Crippen molar-refractivity contribution in [2.24, 2.45) is 0 Å². The van der Waals surface area contributed by atoms with Gasteiger partial charge in [0.2, 0.25) is 6.79 Å². The number of rotatable bonds is 5. The summed E-state index contributed by atoms with van der Waals surface area (Å²) < 4.78 is 10.8. The number of imide groups is 1. The van der Waals surface area contributed by atoms with Gasteiger partial charge in [-0.3, -0.25) is 14.5 Å². The molecule has 0 fully saturated rings. The van der Waals surface area contributed by atoms with Gasteiger partial charge in [0.15, 0.2) is 11.5 Å². The standard InChI is InChI=1S/C26H21NO4S/c1-16-8-10-19(12-17(16)2)23-24(32-20-6-4-3-5-7-20)26(29)27(25(23)28)14-18-9-11-21-22(13-18)31-15-30-21/h3-13H,14-15H2,1-2H3. The Hall–Kier alpha value is -3.51. The van der Waals surface area contributed by atoms with Gasteiger partial charge in [-0.05, 0) is 60.4 Å². The van der Waals surface area contributed by atoms with E-state index in [2.05, 4.69) is 0 Å². The van der Waals surface area contributed by atoms with Crippen molar-refractivity contribution in [3.05, 3.63) is 93.9 Å². The van der Waals surface area contributed by atoms with Crippen LogP contribution in [0.25, 0.3) is 5.57 Å². The summed E-state index contributed by atoms with van der Waals surface area (Å²) >= 11 is 1.33. The van der Waals surface area contributed by atoms with E-state index in [1.54, 1.807) is 6.07 Å². The van der Waals surface area contributed by atoms with Crippen LogP contribution in [0, 0.1) is 13.8 Å². The maximum absolute atomic E-state index is 13.5. The van der Waals surface area contributed by atoms with Crippen LogP contribution in [-0.4, -0.2) is 23.5 Å². The van der Waals surface area contributed by atoms with E-state index in [4.69, 9.17) is 9.47 Å². The van der Waals surface area contributed by atoms with E-state index < -0.39 is 0 Å². The lowest BCUT2D eigenvalue weighted by molar-refractivity contribution is -0.137. The molecule has 2 heterocycles. The van der Waals surface area contributed by atoms with Crippen LogP contribution in [0.5, 0.6) is 11.5 Å². The lowest BCUT2D eigenvalue weighted by Crippen LogP contribution is -2.30. The number of hydrogen-bond acceptors (Lipinski definition) is 5. The smallest absolute Gasteiger partial charge is 0.268 e. The molecule has 3 aromatic rings. The molecule has 32 heavy (non-hydrogen) atoms. The Bertz CT molecular complexity index is 1270. The molecule has 0 aromatic heterocycles. The first-order valence-corrected chi connectivity index (χ1v) is 11.1. The highest BCUT2D eigenvalue weighted by Gasteiger charge is 2.39. The van der Waals surface area contributed by atoms with Crippen LogP contribution >= 0.6 is 11.8 Å². The summed E-state index contributed by atoms with van der Waals surface area (Å²) in [5.41, 5.74) is 4.24. The molecule has 0 spiro atoms. The van der Waals surface area contributed by atoms with Crippen LogP contribution < -0.4 is 9.47 Å². The molecule has 5 nitrogen and oxygen atoms in total. The second-order valence-electron chi connectivity index (χ2n) is 7.80. The molecule has 2 amide bonds. The number of benzene rings is 3. The van der Waals surface area contributed by atoms with E-state index in [9.17, 15) is 9.59 Å². The molecular formula is C26H21NO4S. The first kappa shape index (κ1) is 20.4. The maximum atomic E-state index is 13.5. The molecule has 2 aliphatic rings. The van der Waals surface area contributed by atoms with Crippen molar-refractivity contribution in [2.75, 3.05) is 6.79 Å². The first-order chi connectivity index (χ1) is 15.5. The third-order valence-corrected chi connectivity index (χ3v) is 6.75. The number of hydrogen-bond donors (Lipinski definition) is 0. The SMILES string of the molecule is Cc1ccc(C2=C(Sc3ccccc3)C(=O)N(Cc3ccc4c(c3)OCO4)C2=O)cc1C. The molecule has 2 aliphatic heterocycles. The Morgan fingerprint density at radius 1 is 0.844 bits per heavy atom. The maximum Gasteiger partial charge on any atom is 0.268 e. The van der Waals surface area contributed by atoms with Crippen LogP contribution in [0.4, 0.5) is 0 Å². The average molecular weight is 444 g/mol. The summed E-state index contributed by atoms with van der Waals surface area (Å²) in [4.78, 5) is 29.7. The summed E-state index contributed by atoms with van der Waals surface area (Å²) in [7, 11) is 0. The van der Waals surface area contributed by atoms with E-state index in [0.717, 1.165) is 27.1 Å². The third-order valence-electron chi connectivity index (χ3n) is 5.66. The molecule has 5 rings (SSSR count). The summed E-state index contributed by atoms with van der Waals surface area (Å²) in [6, 6.07) is 21.0. The van der Waals surface area contributed by atoms with Gasteiger partial charge in [-0.2, -0.15) is 0 Å². The molecule has 0 atom stereocenters. The van der Waals surface area contributed by atoms with Gasteiger partial charge in [0, 0.05) is 4.90 Å². The molecule has 0 radical (unpaired) electrons. The highest BCUT2D eigenvalue weighted by atomic mass is 32.2. The molecule has 0 aliphatic carbocycles. The minimum absolute atomic E-state index is 0.168. The minimum atomic E-state index is -0.283. The van der Waals surface area contributed by atoms with Gasteiger partial charge in [0.1, 0.15) is 0 Å². The van der Waals surface area contributed by atoms with Gasteiger partial charge >= 0.3 is 0 Å². The Morgan fingerprint density at radius 3 is 2.41 bits per heavy atom. The van der Waals surface area contributed by atoms with Crippen LogP contribution in [0.2, 0.25) is 0 Å². The highest BCUT2D eigenvalue weighted by molar-refractivity contribution is 8.04. The van der Waals surface area contributed by atoms with Crippen molar-refractivity contribution >= 4 is 29.1 Å². The molecule has 0 N–H and O–H groups in total. The Balaban J connectivity index is 1.52. The van der Waals surface area contributed by atoms with Gasteiger partial charge < -0.3 is 9.47 Å². The van der Waals surface area contributed by atoms with Crippen molar-refractivity contribution in [3.63, 3.8) is 0 Å². The summed E-state index contributed by atoms with van der Waals surface area (Å²) in [6.45, 7) is 4.38. The largest absolute Gasteiger partial charge is 0.454 e. The number of ether oxygens (including phenoxy) is 2. The monoisotopic (exact) mass is 443 g/mol.